The minimum Gasteiger partial charge on any atom is -0.426 e. The molecule has 1 heterocycles. The van der Waals surface area contributed by atoms with Gasteiger partial charge in [-0.2, -0.15) is 0 Å². The number of ether oxygens (including phenoxy) is 1. The lowest BCUT2D eigenvalue weighted by Gasteiger charge is -2.44. The quantitative estimate of drug-likeness (QED) is 0.353. The van der Waals surface area contributed by atoms with Crippen LogP contribution in [0.5, 0.6) is 5.75 Å². The zero-order valence-electron chi connectivity index (χ0n) is 21.8. The van der Waals surface area contributed by atoms with Crippen LogP contribution < -0.4 is 4.74 Å². The highest BCUT2D eigenvalue weighted by molar-refractivity contribution is 5.94. The summed E-state index contributed by atoms with van der Waals surface area (Å²) in [4.78, 5) is 29.6. The molecule has 2 fully saturated rings. The highest BCUT2D eigenvalue weighted by Crippen LogP contribution is 2.43. The van der Waals surface area contributed by atoms with Crippen molar-refractivity contribution in [2.24, 2.45) is 11.8 Å². The monoisotopic (exact) mass is 476 g/mol. The van der Waals surface area contributed by atoms with Gasteiger partial charge < -0.3 is 14.5 Å². The fourth-order valence-corrected chi connectivity index (χ4v) is 5.32. The maximum atomic E-state index is 12.9. The Morgan fingerprint density at radius 1 is 1.06 bits per heavy atom. The van der Waals surface area contributed by atoms with E-state index in [0.717, 1.165) is 44.0 Å². The number of hydrogen-bond donors (Lipinski definition) is 0. The van der Waals surface area contributed by atoms with Gasteiger partial charge in [0.1, 0.15) is 5.75 Å². The first-order valence-electron chi connectivity index (χ1n) is 13.3. The number of carbonyl (C=O) groups is 2. The summed E-state index contributed by atoms with van der Waals surface area (Å²) in [6.07, 6.45) is 4.82. The molecule has 0 N–H and O–H groups in total. The second kappa shape index (κ2) is 10.9. The van der Waals surface area contributed by atoms with Gasteiger partial charge in [0, 0.05) is 37.2 Å². The normalized spacial score (nSPS) is 20.6. The van der Waals surface area contributed by atoms with Crippen LogP contribution >= 0.6 is 0 Å². The number of nitrogens with zero attached hydrogens (tertiary/aromatic N) is 2. The number of likely N-dealkylation sites (tertiary alicyclic amines) is 1. The Balaban J connectivity index is 1.69. The smallest absolute Gasteiger partial charge is 0.313 e. The maximum absolute atomic E-state index is 12.9. The fourth-order valence-electron chi connectivity index (χ4n) is 5.32. The lowest BCUT2D eigenvalue weighted by Crippen LogP contribution is -2.47. The standard InChI is InChI=1S/C30H40N2O3/c1-5-32(6-2)28(33)24-13-15-25(16-14-24)30(17-8-18-31(21-30)20-23-11-12-23)26-9-7-10-27(19-26)35-29(34)22(3)4/h7,9-10,13-16,19,22-23H,5-6,8,11-12,17-18,20-21H2,1-4H3. The van der Waals surface area contributed by atoms with E-state index >= 15 is 0 Å². The second-order valence-corrected chi connectivity index (χ2v) is 10.5. The Bertz CT molecular complexity index is 1020. The van der Waals surface area contributed by atoms with E-state index < -0.39 is 0 Å². The summed E-state index contributed by atoms with van der Waals surface area (Å²) in [5, 5.41) is 0. The van der Waals surface area contributed by atoms with E-state index in [1.807, 2.05) is 56.9 Å². The Morgan fingerprint density at radius 3 is 2.40 bits per heavy atom. The number of hydrogen-bond acceptors (Lipinski definition) is 4. The number of carbonyl (C=O) groups excluding carboxylic acids is 2. The van der Waals surface area contributed by atoms with E-state index in [2.05, 4.69) is 29.2 Å². The molecule has 5 heteroatoms. The molecular formula is C30H40N2O3. The largest absolute Gasteiger partial charge is 0.426 e. The third kappa shape index (κ3) is 5.78. The summed E-state index contributed by atoms with van der Waals surface area (Å²) in [7, 11) is 0. The van der Waals surface area contributed by atoms with Gasteiger partial charge in [-0.3, -0.25) is 9.59 Å². The first-order chi connectivity index (χ1) is 16.9. The number of amides is 1. The van der Waals surface area contributed by atoms with Crippen LogP contribution in [0, 0.1) is 11.8 Å². The highest BCUT2D eigenvalue weighted by atomic mass is 16.5. The van der Waals surface area contributed by atoms with E-state index in [1.165, 1.54) is 24.0 Å². The topological polar surface area (TPSA) is 49.9 Å². The predicted octanol–water partition coefficient (Wildman–Crippen LogP) is 5.52. The molecule has 1 aliphatic carbocycles. The van der Waals surface area contributed by atoms with Gasteiger partial charge in [-0.25, -0.2) is 0 Å². The summed E-state index contributed by atoms with van der Waals surface area (Å²) in [5.74, 6) is 1.13. The molecular weight excluding hydrogens is 436 g/mol. The Labute approximate surface area is 210 Å². The summed E-state index contributed by atoms with van der Waals surface area (Å²) in [6.45, 7) is 12.4. The molecule has 1 atom stereocenters. The number of benzene rings is 2. The van der Waals surface area contributed by atoms with Gasteiger partial charge in [0.25, 0.3) is 5.91 Å². The van der Waals surface area contributed by atoms with Gasteiger partial charge in [-0.1, -0.05) is 38.1 Å². The third-order valence-corrected chi connectivity index (χ3v) is 7.60. The Hall–Kier alpha value is -2.66. The van der Waals surface area contributed by atoms with Crippen LogP contribution in [0.15, 0.2) is 48.5 Å². The molecule has 0 spiro atoms. The molecule has 0 bridgehead atoms. The number of esters is 1. The molecule has 2 aliphatic rings. The number of rotatable bonds is 9. The fraction of sp³-hybridized carbons (Fsp3) is 0.533. The first kappa shape index (κ1) is 25.4. The van der Waals surface area contributed by atoms with Crippen molar-refractivity contribution in [1.82, 2.24) is 9.80 Å². The Kier molecular flexibility index (Phi) is 7.95. The first-order valence-corrected chi connectivity index (χ1v) is 13.3. The molecule has 188 valence electrons. The molecule has 1 saturated heterocycles. The van der Waals surface area contributed by atoms with Crippen molar-refractivity contribution in [3.8, 4) is 5.75 Å². The van der Waals surface area contributed by atoms with Crippen molar-refractivity contribution < 1.29 is 14.3 Å². The average molecular weight is 477 g/mol. The van der Waals surface area contributed by atoms with Crippen LogP contribution in [0.2, 0.25) is 0 Å². The predicted molar refractivity (Wildman–Crippen MR) is 140 cm³/mol. The lowest BCUT2D eigenvalue weighted by molar-refractivity contribution is -0.137. The van der Waals surface area contributed by atoms with Gasteiger partial charge in [0.15, 0.2) is 0 Å². The van der Waals surface area contributed by atoms with Crippen LogP contribution in [0.3, 0.4) is 0 Å². The van der Waals surface area contributed by atoms with E-state index in [0.29, 0.717) is 18.8 Å². The highest BCUT2D eigenvalue weighted by Gasteiger charge is 2.40. The summed E-state index contributed by atoms with van der Waals surface area (Å²) in [6, 6.07) is 16.3. The van der Waals surface area contributed by atoms with Gasteiger partial charge in [0.05, 0.1) is 5.92 Å². The molecule has 1 aliphatic heterocycles. The van der Waals surface area contributed by atoms with E-state index in [1.54, 1.807) is 0 Å². The van der Waals surface area contributed by atoms with Gasteiger partial charge in [0.2, 0.25) is 0 Å². The third-order valence-electron chi connectivity index (χ3n) is 7.60. The molecule has 2 aromatic rings. The van der Waals surface area contributed by atoms with Crippen LogP contribution in [0.1, 0.15) is 74.9 Å². The lowest BCUT2D eigenvalue weighted by atomic mass is 9.69. The maximum Gasteiger partial charge on any atom is 0.313 e. The molecule has 1 saturated carbocycles. The molecule has 0 aromatic heterocycles. The van der Waals surface area contributed by atoms with E-state index in [4.69, 9.17) is 4.74 Å². The second-order valence-electron chi connectivity index (χ2n) is 10.5. The van der Waals surface area contributed by atoms with Crippen molar-refractivity contribution in [2.75, 3.05) is 32.7 Å². The van der Waals surface area contributed by atoms with E-state index in [9.17, 15) is 9.59 Å². The van der Waals surface area contributed by atoms with Crippen molar-refractivity contribution >= 4 is 11.9 Å². The van der Waals surface area contributed by atoms with Crippen molar-refractivity contribution in [3.05, 3.63) is 65.2 Å². The van der Waals surface area contributed by atoms with E-state index in [-0.39, 0.29) is 23.2 Å². The molecule has 4 rings (SSSR count). The molecule has 2 aromatic carbocycles. The minimum absolute atomic E-state index is 0.0807. The molecule has 1 amide bonds. The molecule has 0 radical (unpaired) electrons. The average Bonchev–Trinajstić information content (AvgIpc) is 3.69. The van der Waals surface area contributed by atoms with Gasteiger partial charge >= 0.3 is 5.97 Å². The molecule has 5 nitrogen and oxygen atoms in total. The van der Waals surface area contributed by atoms with Gasteiger partial charge in [-0.05, 0) is 87.4 Å². The van der Waals surface area contributed by atoms with Crippen molar-refractivity contribution in [3.63, 3.8) is 0 Å². The molecule has 35 heavy (non-hydrogen) atoms. The number of piperidine rings is 1. The van der Waals surface area contributed by atoms with Crippen LogP contribution in [0.25, 0.3) is 0 Å². The zero-order valence-corrected chi connectivity index (χ0v) is 21.8. The SMILES string of the molecule is CCN(CC)C(=O)c1ccc(C2(c3cccc(OC(=O)C(C)C)c3)CCCN(CC3CC3)C2)cc1. The van der Waals surface area contributed by atoms with Crippen molar-refractivity contribution in [1.29, 1.82) is 0 Å². The van der Waals surface area contributed by atoms with Crippen molar-refractivity contribution in [2.45, 2.75) is 58.8 Å². The zero-order chi connectivity index (χ0) is 25.0. The Morgan fingerprint density at radius 2 is 1.77 bits per heavy atom. The summed E-state index contributed by atoms with van der Waals surface area (Å²) in [5.41, 5.74) is 2.93. The van der Waals surface area contributed by atoms with Crippen LogP contribution in [0.4, 0.5) is 0 Å². The summed E-state index contributed by atoms with van der Waals surface area (Å²) < 4.78 is 5.69. The van der Waals surface area contributed by atoms with Crippen LogP contribution in [-0.2, 0) is 10.2 Å². The van der Waals surface area contributed by atoms with Crippen LogP contribution in [-0.4, -0.2) is 54.4 Å². The minimum atomic E-state index is -0.213. The molecule has 1 unspecified atom stereocenters. The summed E-state index contributed by atoms with van der Waals surface area (Å²) >= 11 is 0. The van der Waals surface area contributed by atoms with Gasteiger partial charge in [-0.15, -0.1) is 0 Å².